The molecule has 0 aliphatic heterocycles. The maximum atomic E-state index is 10.9. The average Bonchev–Trinajstić information content (AvgIpc) is 2.32. The Morgan fingerprint density at radius 3 is 2.33 bits per heavy atom. The van der Waals surface area contributed by atoms with Crippen molar-refractivity contribution in [1.82, 2.24) is 0 Å². The SMILES string of the molecule is Cc1cc(-c2ccc(C(=O)O)cc2C)ccc1N. The average molecular weight is 241 g/mol. The Hall–Kier alpha value is -2.29. The maximum absolute atomic E-state index is 10.9. The van der Waals surface area contributed by atoms with E-state index in [9.17, 15) is 4.79 Å². The molecule has 3 nitrogen and oxygen atoms in total. The third-order valence-corrected chi connectivity index (χ3v) is 3.05. The molecule has 0 radical (unpaired) electrons. The number of benzene rings is 2. The molecule has 2 aromatic carbocycles. The molecule has 0 spiro atoms. The van der Waals surface area contributed by atoms with Crippen molar-refractivity contribution in [3.05, 3.63) is 53.1 Å². The number of rotatable bonds is 2. The zero-order valence-electron chi connectivity index (χ0n) is 10.4. The molecule has 0 aliphatic rings. The first-order valence-electron chi connectivity index (χ1n) is 5.69. The van der Waals surface area contributed by atoms with E-state index in [1.165, 1.54) is 0 Å². The standard InChI is InChI=1S/C15H15NO2/c1-9-7-12(15(17)18)3-5-13(9)11-4-6-14(16)10(2)8-11/h3-8H,16H2,1-2H3,(H,17,18). The summed E-state index contributed by atoms with van der Waals surface area (Å²) < 4.78 is 0. The van der Waals surface area contributed by atoms with Crippen LogP contribution in [0.25, 0.3) is 11.1 Å². The second kappa shape index (κ2) is 4.53. The van der Waals surface area contributed by atoms with E-state index >= 15 is 0 Å². The summed E-state index contributed by atoms with van der Waals surface area (Å²) in [7, 11) is 0. The van der Waals surface area contributed by atoms with Crippen LogP contribution in [0.15, 0.2) is 36.4 Å². The van der Waals surface area contributed by atoms with Gasteiger partial charge in [0.05, 0.1) is 5.56 Å². The molecule has 0 amide bonds. The quantitative estimate of drug-likeness (QED) is 0.793. The van der Waals surface area contributed by atoms with Crippen molar-refractivity contribution in [1.29, 1.82) is 0 Å². The summed E-state index contributed by atoms with van der Waals surface area (Å²) in [6.45, 7) is 3.87. The molecule has 2 rings (SSSR count). The van der Waals surface area contributed by atoms with Crippen LogP contribution < -0.4 is 5.73 Å². The molecule has 0 saturated carbocycles. The van der Waals surface area contributed by atoms with Crippen LogP contribution in [0.4, 0.5) is 5.69 Å². The lowest BCUT2D eigenvalue weighted by Crippen LogP contribution is -1.97. The Balaban J connectivity index is 2.51. The number of carboxylic acid groups (broad SMARTS) is 1. The molecule has 0 unspecified atom stereocenters. The highest BCUT2D eigenvalue weighted by atomic mass is 16.4. The van der Waals surface area contributed by atoms with Gasteiger partial charge in [0.1, 0.15) is 0 Å². The normalized spacial score (nSPS) is 10.3. The van der Waals surface area contributed by atoms with Gasteiger partial charge >= 0.3 is 5.97 Å². The summed E-state index contributed by atoms with van der Waals surface area (Å²) >= 11 is 0. The van der Waals surface area contributed by atoms with Gasteiger partial charge in [-0.05, 0) is 60.4 Å². The Labute approximate surface area is 106 Å². The van der Waals surface area contributed by atoms with E-state index in [0.717, 1.165) is 27.9 Å². The summed E-state index contributed by atoms with van der Waals surface area (Å²) in [4.78, 5) is 10.9. The van der Waals surface area contributed by atoms with Gasteiger partial charge in [0.15, 0.2) is 0 Å². The Morgan fingerprint density at radius 2 is 1.78 bits per heavy atom. The van der Waals surface area contributed by atoms with Crippen molar-refractivity contribution in [3.8, 4) is 11.1 Å². The summed E-state index contributed by atoms with van der Waals surface area (Å²) in [5.74, 6) is -0.905. The van der Waals surface area contributed by atoms with E-state index in [-0.39, 0.29) is 0 Å². The molecule has 92 valence electrons. The van der Waals surface area contributed by atoms with E-state index in [1.54, 1.807) is 12.1 Å². The lowest BCUT2D eigenvalue weighted by Gasteiger charge is -2.09. The highest BCUT2D eigenvalue weighted by molar-refractivity contribution is 5.89. The number of carbonyl (C=O) groups is 1. The molecule has 3 N–H and O–H groups in total. The van der Waals surface area contributed by atoms with Crippen molar-refractivity contribution < 1.29 is 9.90 Å². The minimum Gasteiger partial charge on any atom is -0.478 e. The summed E-state index contributed by atoms with van der Waals surface area (Å²) in [5.41, 5.74) is 10.9. The van der Waals surface area contributed by atoms with Crippen LogP contribution >= 0.6 is 0 Å². The molecule has 18 heavy (non-hydrogen) atoms. The summed E-state index contributed by atoms with van der Waals surface area (Å²) in [6, 6.07) is 11.0. The van der Waals surface area contributed by atoms with Crippen molar-refractivity contribution in [3.63, 3.8) is 0 Å². The third kappa shape index (κ3) is 2.20. The van der Waals surface area contributed by atoms with Gasteiger partial charge in [0.25, 0.3) is 0 Å². The van der Waals surface area contributed by atoms with Gasteiger partial charge in [-0.1, -0.05) is 12.1 Å². The van der Waals surface area contributed by atoms with Crippen molar-refractivity contribution in [2.45, 2.75) is 13.8 Å². The first-order valence-corrected chi connectivity index (χ1v) is 5.69. The molecule has 2 aromatic rings. The number of aryl methyl sites for hydroxylation is 2. The second-order valence-corrected chi connectivity index (χ2v) is 4.41. The van der Waals surface area contributed by atoms with Gasteiger partial charge in [0, 0.05) is 5.69 Å². The lowest BCUT2D eigenvalue weighted by molar-refractivity contribution is 0.0697. The summed E-state index contributed by atoms with van der Waals surface area (Å²) in [6.07, 6.45) is 0. The molecule has 0 atom stereocenters. The monoisotopic (exact) mass is 241 g/mol. The molecule has 0 fully saturated rings. The predicted octanol–water partition coefficient (Wildman–Crippen LogP) is 3.25. The van der Waals surface area contributed by atoms with Crippen LogP contribution in [-0.2, 0) is 0 Å². The maximum Gasteiger partial charge on any atom is 0.335 e. The fourth-order valence-corrected chi connectivity index (χ4v) is 1.96. The molecular formula is C15H15NO2. The second-order valence-electron chi connectivity index (χ2n) is 4.41. The highest BCUT2D eigenvalue weighted by Crippen LogP contribution is 2.27. The smallest absolute Gasteiger partial charge is 0.335 e. The first kappa shape index (κ1) is 12.2. The van der Waals surface area contributed by atoms with Gasteiger partial charge in [-0.25, -0.2) is 4.79 Å². The fraction of sp³-hybridized carbons (Fsp3) is 0.133. The fourth-order valence-electron chi connectivity index (χ4n) is 1.96. The molecule has 0 bridgehead atoms. The number of carboxylic acids is 1. The molecule has 0 saturated heterocycles. The van der Waals surface area contributed by atoms with Crippen molar-refractivity contribution >= 4 is 11.7 Å². The van der Waals surface area contributed by atoms with Crippen LogP contribution in [0, 0.1) is 13.8 Å². The number of hydrogen-bond acceptors (Lipinski definition) is 2. The van der Waals surface area contributed by atoms with Gasteiger partial charge in [-0.3, -0.25) is 0 Å². The van der Waals surface area contributed by atoms with E-state index < -0.39 is 5.97 Å². The van der Waals surface area contributed by atoms with Crippen molar-refractivity contribution in [2.75, 3.05) is 5.73 Å². The summed E-state index contributed by atoms with van der Waals surface area (Å²) in [5, 5.41) is 8.93. The van der Waals surface area contributed by atoms with E-state index in [0.29, 0.717) is 5.56 Å². The largest absolute Gasteiger partial charge is 0.478 e. The molecule has 0 aliphatic carbocycles. The molecule has 0 heterocycles. The molecular weight excluding hydrogens is 226 g/mol. The Kier molecular flexibility index (Phi) is 3.06. The van der Waals surface area contributed by atoms with Crippen molar-refractivity contribution in [2.24, 2.45) is 0 Å². The zero-order valence-corrected chi connectivity index (χ0v) is 10.4. The highest BCUT2D eigenvalue weighted by Gasteiger charge is 2.07. The van der Waals surface area contributed by atoms with Gasteiger partial charge in [-0.15, -0.1) is 0 Å². The molecule has 0 aromatic heterocycles. The topological polar surface area (TPSA) is 63.3 Å². The lowest BCUT2D eigenvalue weighted by atomic mass is 9.97. The number of hydrogen-bond donors (Lipinski definition) is 2. The Bertz CT molecular complexity index is 618. The van der Waals surface area contributed by atoms with Crippen LogP contribution in [0.2, 0.25) is 0 Å². The number of anilines is 1. The number of aromatic carboxylic acids is 1. The third-order valence-electron chi connectivity index (χ3n) is 3.05. The van der Waals surface area contributed by atoms with Gasteiger partial charge < -0.3 is 10.8 Å². The Morgan fingerprint density at radius 1 is 1.06 bits per heavy atom. The van der Waals surface area contributed by atoms with Crippen LogP contribution in [0.5, 0.6) is 0 Å². The predicted molar refractivity (Wildman–Crippen MR) is 72.7 cm³/mol. The van der Waals surface area contributed by atoms with Crippen LogP contribution in [0.1, 0.15) is 21.5 Å². The van der Waals surface area contributed by atoms with Crippen LogP contribution in [0.3, 0.4) is 0 Å². The minimum absolute atomic E-state index is 0.309. The minimum atomic E-state index is -0.905. The number of nitrogen functional groups attached to an aromatic ring is 1. The van der Waals surface area contributed by atoms with E-state index in [1.807, 2.05) is 38.1 Å². The number of nitrogens with two attached hydrogens (primary N) is 1. The zero-order chi connectivity index (χ0) is 13.3. The van der Waals surface area contributed by atoms with Gasteiger partial charge in [0.2, 0.25) is 0 Å². The molecule has 3 heteroatoms. The van der Waals surface area contributed by atoms with Crippen LogP contribution in [-0.4, -0.2) is 11.1 Å². The van der Waals surface area contributed by atoms with E-state index in [2.05, 4.69) is 0 Å². The first-order chi connectivity index (χ1) is 8.49. The van der Waals surface area contributed by atoms with Gasteiger partial charge in [-0.2, -0.15) is 0 Å². The van der Waals surface area contributed by atoms with E-state index in [4.69, 9.17) is 10.8 Å².